The molecule has 0 N–H and O–H groups in total. The molecule has 0 aliphatic heterocycles. The fourth-order valence-corrected chi connectivity index (χ4v) is 8.80. The number of para-hydroxylation sites is 2. The molecule has 9 aromatic carbocycles. The van der Waals surface area contributed by atoms with Crippen LogP contribution in [0.5, 0.6) is 0 Å². The van der Waals surface area contributed by atoms with Crippen LogP contribution >= 0.6 is 0 Å². The van der Waals surface area contributed by atoms with Gasteiger partial charge in [0.2, 0.25) is 0 Å². The van der Waals surface area contributed by atoms with Crippen LogP contribution in [0.4, 0.5) is 0 Å². The third kappa shape index (κ3) is 5.97. The Bertz CT molecular complexity index is 3390. The first-order valence-corrected chi connectivity index (χ1v) is 20.3. The zero-order valence-corrected chi connectivity index (χ0v) is 33.2. The minimum absolute atomic E-state index is 0.0448. The maximum absolute atomic E-state index is 6.60. The minimum Gasteiger partial charge on any atom is -0.455 e. The van der Waals surface area contributed by atoms with Crippen molar-refractivity contribution in [3.8, 4) is 56.2 Å². The highest BCUT2D eigenvalue weighted by Crippen LogP contribution is 2.42. The van der Waals surface area contributed by atoms with Crippen molar-refractivity contribution in [3.63, 3.8) is 0 Å². The van der Waals surface area contributed by atoms with Crippen LogP contribution in [0.15, 0.2) is 192 Å². The summed E-state index contributed by atoms with van der Waals surface area (Å²) in [5, 5.41) is 9.54. The number of hydrogen-bond donors (Lipinski definition) is 0. The average molecular weight is 757 g/mol. The van der Waals surface area contributed by atoms with Gasteiger partial charge in [-0.3, -0.25) is 0 Å². The van der Waals surface area contributed by atoms with Gasteiger partial charge < -0.3 is 4.42 Å². The highest BCUT2D eigenvalue weighted by Gasteiger charge is 2.20. The quantitative estimate of drug-likeness (QED) is 0.164. The second-order valence-electron chi connectivity index (χ2n) is 16.6. The predicted octanol–water partition coefficient (Wildman–Crippen LogP) is 15.5. The number of furan rings is 1. The molecule has 0 radical (unpaired) electrons. The lowest BCUT2D eigenvalue weighted by Crippen LogP contribution is -2.10. The zero-order valence-electron chi connectivity index (χ0n) is 33.2. The maximum atomic E-state index is 6.60. The lowest BCUT2D eigenvalue weighted by Gasteiger charge is -2.21. The molecule has 0 fully saturated rings. The number of nitrogens with zero attached hydrogens (tertiary/aromatic N) is 2. The number of fused-ring (bicyclic) bond motifs is 9. The molecule has 0 unspecified atom stereocenters. The molecule has 0 aliphatic rings. The minimum atomic E-state index is 0.0448. The van der Waals surface area contributed by atoms with Crippen molar-refractivity contribution in [2.75, 3.05) is 0 Å². The van der Waals surface area contributed by atoms with Gasteiger partial charge >= 0.3 is 0 Å². The van der Waals surface area contributed by atoms with Crippen LogP contribution in [0.25, 0.3) is 110 Å². The van der Waals surface area contributed by atoms with Crippen LogP contribution in [-0.4, -0.2) is 9.97 Å². The van der Waals surface area contributed by atoms with E-state index in [1.165, 1.54) is 43.4 Å². The van der Waals surface area contributed by atoms with E-state index >= 15 is 0 Å². The Labute approximate surface area is 343 Å². The van der Waals surface area contributed by atoms with Crippen LogP contribution in [0, 0.1) is 0 Å². The summed E-state index contributed by atoms with van der Waals surface area (Å²) in [6.07, 6.45) is 0. The fourth-order valence-electron chi connectivity index (χ4n) is 8.80. The molecular weight excluding hydrogens is 717 g/mol. The van der Waals surface area contributed by atoms with Gasteiger partial charge in [-0.25, -0.2) is 9.97 Å². The molecule has 3 heteroatoms. The number of benzene rings is 9. The first-order chi connectivity index (χ1) is 28.9. The van der Waals surface area contributed by atoms with E-state index in [-0.39, 0.29) is 5.41 Å². The van der Waals surface area contributed by atoms with Gasteiger partial charge in [0.15, 0.2) is 5.82 Å². The van der Waals surface area contributed by atoms with E-state index in [0.717, 1.165) is 66.7 Å². The van der Waals surface area contributed by atoms with E-state index in [9.17, 15) is 0 Å². The average Bonchev–Trinajstić information content (AvgIpc) is 3.68. The molecule has 0 amide bonds. The van der Waals surface area contributed by atoms with E-state index in [1.54, 1.807) is 0 Å². The Morgan fingerprint density at radius 2 is 0.932 bits per heavy atom. The molecule has 0 spiro atoms. The smallest absolute Gasteiger partial charge is 0.160 e. The van der Waals surface area contributed by atoms with Crippen molar-refractivity contribution in [2.24, 2.45) is 0 Å². The number of rotatable bonds is 5. The lowest BCUT2D eigenvalue weighted by atomic mass is 9.84. The molecule has 2 aromatic heterocycles. The van der Waals surface area contributed by atoms with Crippen LogP contribution in [0.2, 0.25) is 0 Å². The molecule has 0 saturated carbocycles. The summed E-state index contributed by atoms with van der Waals surface area (Å²) in [5.41, 5.74) is 12.2. The second kappa shape index (κ2) is 13.6. The largest absolute Gasteiger partial charge is 0.455 e. The Balaban J connectivity index is 1.18. The van der Waals surface area contributed by atoms with Gasteiger partial charge in [-0.1, -0.05) is 172 Å². The molecule has 0 aliphatic carbocycles. The molecular formula is C56H40N2O. The standard InChI is InChI=1S/C56H40N2O/c1-56(2,3)39-27-30-43-42-28-26-38(32-49(42)40-19-10-11-20-41(40)50(43)33-39)55-57-51(34-52(58-55)47-23-14-22-46-45-21-12-13-24-53(45)59-54(46)47)44-29-25-37(35-15-6-4-7-16-35)31-48(44)36-17-8-5-9-18-36/h4-34H,1-3H3. The first-order valence-electron chi connectivity index (χ1n) is 20.3. The molecule has 2 heterocycles. The molecule has 3 nitrogen and oxygen atoms in total. The Kier molecular flexibility index (Phi) is 8.06. The monoisotopic (exact) mass is 756 g/mol. The Morgan fingerprint density at radius 3 is 1.66 bits per heavy atom. The summed E-state index contributed by atoms with van der Waals surface area (Å²) in [6, 6.07) is 67.1. The SMILES string of the molecule is CC(C)(C)c1ccc2c3ccc(-c4nc(-c5ccc(-c6ccccc6)cc5-c5ccccc5)cc(-c5cccc6c5oc5ccccc56)n4)cc3c3ccccc3c2c1. The highest BCUT2D eigenvalue weighted by atomic mass is 16.3. The third-order valence-electron chi connectivity index (χ3n) is 11.9. The van der Waals surface area contributed by atoms with E-state index in [4.69, 9.17) is 14.4 Å². The van der Waals surface area contributed by atoms with Crippen LogP contribution in [0.1, 0.15) is 26.3 Å². The molecule has 0 bridgehead atoms. The second-order valence-corrected chi connectivity index (χ2v) is 16.6. The van der Waals surface area contributed by atoms with Gasteiger partial charge in [0.1, 0.15) is 11.2 Å². The lowest BCUT2D eigenvalue weighted by molar-refractivity contribution is 0.591. The molecule has 0 atom stereocenters. The van der Waals surface area contributed by atoms with Crippen LogP contribution in [-0.2, 0) is 5.41 Å². The first kappa shape index (κ1) is 34.9. The van der Waals surface area contributed by atoms with E-state index in [0.29, 0.717) is 5.82 Å². The van der Waals surface area contributed by atoms with E-state index < -0.39 is 0 Å². The zero-order chi connectivity index (χ0) is 39.7. The van der Waals surface area contributed by atoms with Crippen molar-refractivity contribution in [1.82, 2.24) is 9.97 Å². The summed E-state index contributed by atoms with van der Waals surface area (Å²) in [4.78, 5) is 10.9. The topological polar surface area (TPSA) is 38.9 Å². The summed E-state index contributed by atoms with van der Waals surface area (Å²) in [6.45, 7) is 6.84. The molecule has 280 valence electrons. The summed E-state index contributed by atoms with van der Waals surface area (Å²) in [5.74, 6) is 0.658. The van der Waals surface area contributed by atoms with E-state index in [1.807, 2.05) is 12.1 Å². The van der Waals surface area contributed by atoms with Gasteiger partial charge in [-0.05, 0) is 102 Å². The maximum Gasteiger partial charge on any atom is 0.160 e. The van der Waals surface area contributed by atoms with Gasteiger partial charge in [0, 0.05) is 27.5 Å². The molecule has 0 saturated heterocycles. The van der Waals surface area contributed by atoms with Crippen LogP contribution in [0.3, 0.4) is 0 Å². The number of aromatic nitrogens is 2. The molecule has 11 rings (SSSR count). The van der Waals surface area contributed by atoms with Gasteiger partial charge in [-0.2, -0.15) is 0 Å². The normalized spacial score (nSPS) is 12.0. The fraction of sp³-hybridized carbons (Fsp3) is 0.0714. The van der Waals surface area contributed by atoms with Crippen molar-refractivity contribution in [2.45, 2.75) is 26.2 Å². The summed E-state index contributed by atoms with van der Waals surface area (Å²) in [7, 11) is 0. The van der Waals surface area contributed by atoms with Crippen molar-refractivity contribution >= 4 is 54.3 Å². The van der Waals surface area contributed by atoms with Crippen LogP contribution < -0.4 is 0 Å². The number of hydrogen-bond acceptors (Lipinski definition) is 3. The van der Waals surface area contributed by atoms with Gasteiger partial charge in [-0.15, -0.1) is 0 Å². The summed E-state index contributed by atoms with van der Waals surface area (Å²) < 4.78 is 6.60. The highest BCUT2D eigenvalue weighted by molar-refractivity contribution is 6.26. The third-order valence-corrected chi connectivity index (χ3v) is 11.9. The molecule has 59 heavy (non-hydrogen) atoms. The Morgan fingerprint density at radius 1 is 0.356 bits per heavy atom. The summed E-state index contributed by atoms with van der Waals surface area (Å²) >= 11 is 0. The van der Waals surface area contributed by atoms with Gasteiger partial charge in [0.05, 0.1) is 11.4 Å². The van der Waals surface area contributed by atoms with Crippen molar-refractivity contribution in [3.05, 3.63) is 194 Å². The van der Waals surface area contributed by atoms with E-state index in [2.05, 4.69) is 197 Å². The Hall–Kier alpha value is -7.36. The van der Waals surface area contributed by atoms with Crippen molar-refractivity contribution < 1.29 is 4.42 Å². The van der Waals surface area contributed by atoms with Crippen molar-refractivity contribution in [1.29, 1.82) is 0 Å². The molecule has 11 aromatic rings. The van der Waals surface area contributed by atoms with Gasteiger partial charge in [0.25, 0.3) is 0 Å². The predicted molar refractivity (Wildman–Crippen MR) is 248 cm³/mol.